The predicted octanol–water partition coefficient (Wildman–Crippen LogP) is 4.36. The molecule has 0 radical (unpaired) electrons. The summed E-state index contributed by atoms with van der Waals surface area (Å²) in [6, 6.07) is 8.44. The van der Waals surface area contributed by atoms with Crippen LogP contribution in [0.5, 0.6) is 0 Å². The molecule has 156 valence electrons. The largest absolute Gasteiger partial charge is 0.349 e. The molecule has 1 aliphatic heterocycles. The molecule has 1 aromatic heterocycles. The molecule has 0 aliphatic carbocycles. The number of amides is 1. The molecule has 2 aromatic rings. The normalized spacial score (nSPS) is 15.3. The monoisotopic (exact) mass is 414 g/mol. The van der Waals surface area contributed by atoms with Crippen molar-refractivity contribution in [2.75, 3.05) is 19.6 Å². The number of halogens is 1. The minimum Gasteiger partial charge on any atom is -0.349 e. The van der Waals surface area contributed by atoms with Crippen molar-refractivity contribution in [3.05, 3.63) is 63.5 Å². The molecule has 0 atom stereocenters. The number of aromatic nitrogens is 2. The van der Waals surface area contributed by atoms with Gasteiger partial charge in [-0.25, -0.2) is 4.68 Å². The Balaban J connectivity index is 1.61. The Bertz CT molecular complexity index is 873. The molecule has 29 heavy (non-hydrogen) atoms. The summed E-state index contributed by atoms with van der Waals surface area (Å²) >= 11 is 6.54. The van der Waals surface area contributed by atoms with Crippen LogP contribution in [0.1, 0.15) is 53.9 Å². The number of likely N-dealkylation sites (tertiary alicyclic amines) is 1. The summed E-state index contributed by atoms with van der Waals surface area (Å²) < 4.78 is 1.71. The molecule has 1 amide bonds. The fourth-order valence-electron chi connectivity index (χ4n) is 3.61. The Kier molecular flexibility index (Phi) is 7.14. The fraction of sp³-hybridized carbons (Fsp3) is 0.478. The van der Waals surface area contributed by atoms with Crippen LogP contribution < -0.4 is 5.32 Å². The molecule has 3 rings (SSSR count). The number of carbonyl (C=O) groups excluding carboxylic acids is 1. The molecule has 0 unspecified atom stereocenters. The van der Waals surface area contributed by atoms with Crippen molar-refractivity contribution in [2.24, 2.45) is 0 Å². The summed E-state index contributed by atoms with van der Waals surface area (Å²) in [4.78, 5) is 15.3. The highest BCUT2D eigenvalue weighted by atomic mass is 35.5. The lowest BCUT2D eigenvalue weighted by atomic mass is 10.0. The molecule has 1 aliphatic rings. The summed E-state index contributed by atoms with van der Waals surface area (Å²) in [5.74, 6) is -0.120. The molecule has 1 N–H and O–H groups in total. The maximum absolute atomic E-state index is 12.9. The highest BCUT2D eigenvalue weighted by Gasteiger charge is 2.25. The molecule has 0 spiro atoms. The van der Waals surface area contributed by atoms with Gasteiger partial charge < -0.3 is 5.32 Å². The van der Waals surface area contributed by atoms with Crippen LogP contribution in [-0.2, 0) is 6.54 Å². The Morgan fingerprint density at radius 2 is 1.86 bits per heavy atom. The van der Waals surface area contributed by atoms with Gasteiger partial charge in [-0.3, -0.25) is 9.69 Å². The third-order valence-electron chi connectivity index (χ3n) is 5.43. The molecule has 5 nitrogen and oxygen atoms in total. The van der Waals surface area contributed by atoms with Gasteiger partial charge in [0.1, 0.15) is 5.15 Å². The standard InChI is InChI=1S/C23H31ClN4O/c1-16(2)9-12-27-13-10-20(11-14-27)25-23(29)21-18(4)26-28(22(21)24)15-19-7-5-17(3)6-8-19/h5-9,20H,10-15H2,1-4H3,(H,25,29). The first-order chi connectivity index (χ1) is 13.8. The molecule has 2 heterocycles. The summed E-state index contributed by atoms with van der Waals surface area (Å²) in [6.45, 7) is 11.7. The van der Waals surface area contributed by atoms with E-state index in [0.29, 0.717) is 23.0 Å². The quantitative estimate of drug-likeness (QED) is 0.714. The number of aryl methyl sites for hydroxylation is 2. The first kappa shape index (κ1) is 21.6. The molecule has 0 bridgehead atoms. The summed E-state index contributed by atoms with van der Waals surface area (Å²) in [6.07, 6.45) is 4.16. The number of allylic oxidation sites excluding steroid dienone is 1. The van der Waals surface area contributed by atoms with Crippen LogP contribution in [0.3, 0.4) is 0 Å². The minimum absolute atomic E-state index is 0.120. The van der Waals surface area contributed by atoms with Gasteiger partial charge in [-0.2, -0.15) is 5.10 Å². The van der Waals surface area contributed by atoms with Gasteiger partial charge >= 0.3 is 0 Å². The lowest BCUT2D eigenvalue weighted by Gasteiger charge is -2.31. The van der Waals surface area contributed by atoms with Gasteiger partial charge in [-0.15, -0.1) is 0 Å². The molecule has 1 fully saturated rings. The van der Waals surface area contributed by atoms with Crippen LogP contribution in [0.4, 0.5) is 0 Å². The fourth-order valence-corrected chi connectivity index (χ4v) is 3.93. The molecular weight excluding hydrogens is 384 g/mol. The zero-order chi connectivity index (χ0) is 21.0. The van der Waals surface area contributed by atoms with Crippen molar-refractivity contribution < 1.29 is 4.79 Å². The van der Waals surface area contributed by atoms with E-state index in [-0.39, 0.29) is 11.9 Å². The second kappa shape index (κ2) is 9.59. The number of rotatable bonds is 6. The van der Waals surface area contributed by atoms with E-state index in [1.54, 1.807) is 4.68 Å². The number of piperidine rings is 1. The first-order valence-corrected chi connectivity index (χ1v) is 10.7. The van der Waals surface area contributed by atoms with Crippen molar-refractivity contribution in [3.8, 4) is 0 Å². The van der Waals surface area contributed by atoms with Crippen LogP contribution in [0, 0.1) is 13.8 Å². The van der Waals surface area contributed by atoms with Crippen LogP contribution in [0.25, 0.3) is 0 Å². The van der Waals surface area contributed by atoms with Crippen molar-refractivity contribution in [2.45, 2.75) is 53.1 Å². The van der Waals surface area contributed by atoms with Gasteiger partial charge in [0.25, 0.3) is 5.91 Å². The molecular formula is C23H31ClN4O. The third kappa shape index (κ3) is 5.71. The van der Waals surface area contributed by atoms with Crippen molar-refractivity contribution in [1.82, 2.24) is 20.0 Å². The van der Waals surface area contributed by atoms with Gasteiger partial charge in [0.2, 0.25) is 0 Å². The second-order valence-electron chi connectivity index (χ2n) is 8.22. The summed E-state index contributed by atoms with van der Waals surface area (Å²) in [5.41, 5.74) is 4.82. The highest BCUT2D eigenvalue weighted by Crippen LogP contribution is 2.22. The molecule has 1 saturated heterocycles. The molecule has 6 heteroatoms. The minimum atomic E-state index is -0.120. The number of hydrogen-bond acceptors (Lipinski definition) is 3. The van der Waals surface area contributed by atoms with E-state index < -0.39 is 0 Å². The van der Waals surface area contributed by atoms with Crippen LogP contribution in [0.15, 0.2) is 35.9 Å². The van der Waals surface area contributed by atoms with E-state index in [4.69, 9.17) is 11.6 Å². The van der Waals surface area contributed by atoms with Crippen LogP contribution in [-0.4, -0.2) is 46.3 Å². The molecule has 1 aromatic carbocycles. The van der Waals surface area contributed by atoms with Crippen molar-refractivity contribution >= 4 is 17.5 Å². The van der Waals surface area contributed by atoms with E-state index in [2.05, 4.69) is 66.4 Å². The van der Waals surface area contributed by atoms with E-state index in [9.17, 15) is 4.79 Å². The Labute approximate surface area is 178 Å². The number of carbonyl (C=O) groups is 1. The van der Waals surface area contributed by atoms with E-state index in [0.717, 1.165) is 38.0 Å². The number of nitrogens with one attached hydrogen (secondary N) is 1. The number of hydrogen-bond donors (Lipinski definition) is 1. The highest BCUT2D eigenvalue weighted by molar-refractivity contribution is 6.33. The zero-order valence-electron chi connectivity index (χ0n) is 17.8. The summed E-state index contributed by atoms with van der Waals surface area (Å²) in [5, 5.41) is 8.08. The Morgan fingerprint density at radius 3 is 2.48 bits per heavy atom. The van der Waals surface area contributed by atoms with Gasteiger partial charge in [0, 0.05) is 25.7 Å². The maximum atomic E-state index is 12.9. The third-order valence-corrected chi connectivity index (χ3v) is 5.81. The van der Waals surface area contributed by atoms with E-state index in [1.165, 1.54) is 11.1 Å². The lowest BCUT2D eigenvalue weighted by Crippen LogP contribution is -2.44. The van der Waals surface area contributed by atoms with Crippen LogP contribution in [0.2, 0.25) is 5.15 Å². The van der Waals surface area contributed by atoms with Crippen LogP contribution >= 0.6 is 11.6 Å². The Hall–Kier alpha value is -2.11. The van der Waals surface area contributed by atoms with E-state index in [1.807, 2.05) is 6.92 Å². The Morgan fingerprint density at radius 1 is 1.21 bits per heavy atom. The molecule has 0 saturated carbocycles. The SMILES string of the molecule is CC(C)=CCN1CCC(NC(=O)c2c(C)nn(Cc3ccc(C)cc3)c2Cl)CC1. The van der Waals surface area contributed by atoms with Crippen molar-refractivity contribution in [1.29, 1.82) is 0 Å². The van der Waals surface area contributed by atoms with Gasteiger partial charge in [0.05, 0.1) is 17.8 Å². The van der Waals surface area contributed by atoms with Crippen molar-refractivity contribution in [3.63, 3.8) is 0 Å². The number of nitrogens with zero attached hydrogens (tertiary/aromatic N) is 3. The van der Waals surface area contributed by atoms with Gasteiger partial charge in [-0.1, -0.05) is 53.1 Å². The average molecular weight is 415 g/mol. The topological polar surface area (TPSA) is 50.2 Å². The van der Waals surface area contributed by atoms with Gasteiger partial charge in [-0.05, 0) is 46.1 Å². The number of benzene rings is 1. The average Bonchev–Trinajstić information content (AvgIpc) is 2.96. The zero-order valence-corrected chi connectivity index (χ0v) is 18.6. The van der Waals surface area contributed by atoms with Gasteiger partial charge in [0.15, 0.2) is 0 Å². The maximum Gasteiger partial charge on any atom is 0.256 e. The lowest BCUT2D eigenvalue weighted by molar-refractivity contribution is 0.0913. The summed E-state index contributed by atoms with van der Waals surface area (Å²) in [7, 11) is 0. The predicted molar refractivity (Wildman–Crippen MR) is 119 cm³/mol. The smallest absolute Gasteiger partial charge is 0.256 e. The van der Waals surface area contributed by atoms with E-state index >= 15 is 0 Å². The first-order valence-electron chi connectivity index (χ1n) is 10.3. The second-order valence-corrected chi connectivity index (χ2v) is 8.58.